The Morgan fingerprint density at radius 3 is 2.61 bits per heavy atom. The van der Waals surface area contributed by atoms with Gasteiger partial charge in [-0.1, -0.05) is 47.8 Å². The first kappa shape index (κ1) is 13.6. The summed E-state index contributed by atoms with van der Waals surface area (Å²) in [4.78, 5) is 12.0. The molecule has 0 bridgehead atoms. The van der Waals surface area contributed by atoms with Gasteiger partial charge in [-0.25, -0.2) is 0 Å². The van der Waals surface area contributed by atoms with Crippen LogP contribution in [-0.2, 0) is 11.2 Å². The molecule has 0 heterocycles. The van der Waals surface area contributed by atoms with Crippen molar-refractivity contribution in [2.24, 2.45) is 5.92 Å². The Hall–Kier alpha value is -0.830. The molecule has 0 radical (unpaired) electrons. The summed E-state index contributed by atoms with van der Waals surface area (Å²) in [5.74, 6) is 0.767. The molecule has 1 aliphatic rings. The summed E-state index contributed by atoms with van der Waals surface area (Å²) in [6, 6.07) is 8.32. The van der Waals surface area contributed by atoms with Crippen molar-refractivity contribution in [1.29, 1.82) is 0 Å². The van der Waals surface area contributed by atoms with Gasteiger partial charge in [-0.15, -0.1) is 0 Å². The van der Waals surface area contributed by atoms with Gasteiger partial charge in [-0.2, -0.15) is 0 Å². The van der Waals surface area contributed by atoms with Crippen molar-refractivity contribution in [2.45, 2.75) is 45.1 Å². The minimum atomic E-state index is 0.149. The Kier molecular flexibility index (Phi) is 4.81. The van der Waals surface area contributed by atoms with Crippen molar-refractivity contribution in [2.75, 3.05) is 0 Å². The van der Waals surface area contributed by atoms with Crippen molar-refractivity contribution in [3.8, 4) is 0 Å². The van der Waals surface area contributed by atoms with Gasteiger partial charge < -0.3 is 5.32 Å². The number of rotatable bonds is 3. The molecule has 1 aromatic rings. The Bertz CT molecular complexity index is 401. The Balaban J connectivity index is 1.86. The molecule has 1 fully saturated rings. The maximum atomic E-state index is 12.0. The van der Waals surface area contributed by atoms with Crippen molar-refractivity contribution in [1.82, 2.24) is 5.32 Å². The van der Waals surface area contributed by atoms with Gasteiger partial charge in [-0.3, -0.25) is 4.79 Å². The molecule has 0 spiro atoms. The van der Waals surface area contributed by atoms with E-state index in [9.17, 15) is 4.79 Å². The van der Waals surface area contributed by atoms with Crippen molar-refractivity contribution in [3.63, 3.8) is 0 Å². The Morgan fingerprint density at radius 1 is 1.28 bits per heavy atom. The van der Waals surface area contributed by atoms with Crippen LogP contribution >= 0.6 is 15.9 Å². The van der Waals surface area contributed by atoms with Gasteiger partial charge in [0, 0.05) is 10.5 Å². The van der Waals surface area contributed by atoms with Gasteiger partial charge >= 0.3 is 0 Å². The number of nitrogens with one attached hydrogen (secondary N) is 1. The van der Waals surface area contributed by atoms with Crippen LogP contribution in [0.3, 0.4) is 0 Å². The third-order valence-electron chi connectivity index (χ3n) is 3.74. The van der Waals surface area contributed by atoms with E-state index in [0.717, 1.165) is 16.5 Å². The molecule has 0 aliphatic heterocycles. The van der Waals surface area contributed by atoms with Gasteiger partial charge in [0.25, 0.3) is 0 Å². The van der Waals surface area contributed by atoms with E-state index in [0.29, 0.717) is 18.4 Å². The van der Waals surface area contributed by atoms with E-state index >= 15 is 0 Å². The van der Waals surface area contributed by atoms with Crippen LogP contribution in [0.2, 0.25) is 0 Å². The van der Waals surface area contributed by atoms with Crippen molar-refractivity contribution < 1.29 is 4.79 Å². The van der Waals surface area contributed by atoms with Crippen molar-refractivity contribution in [3.05, 3.63) is 34.3 Å². The number of amides is 1. The van der Waals surface area contributed by atoms with Crippen molar-refractivity contribution >= 4 is 21.8 Å². The lowest BCUT2D eigenvalue weighted by molar-refractivity contribution is -0.121. The fraction of sp³-hybridized carbons (Fsp3) is 0.533. The molecule has 1 aliphatic carbocycles. The third kappa shape index (κ3) is 3.84. The number of hydrogen-bond acceptors (Lipinski definition) is 1. The predicted molar refractivity (Wildman–Crippen MR) is 77.4 cm³/mol. The standard InChI is InChI=1S/C15H20BrNO/c1-11-4-2-3-5-14(11)17-15(18)10-12-6-8-13(16)9-7-12/h6-9,11,14H,2-5,10H2,1H3,(H,17,18). The number of carbonyl (C=O) groups excluding carboxylic acids is 1. The number of benzene rings is 1. The molecule has 18 heavy (non-hydrogen) atoms. The SMILES string of the molecule is CC1CCCCC1NC(=O)Cc1ccc(Br)cc1. The quantitative estimate of drug-likeness (QED) is 0.906. The summed E-state index contributed by atoms with van der Waals surface area (Å²) >= 11 is 3.40. The lowest BCUT2D eigenvalue weighted by Gasteiger charge is -2.29. The van der Waals surface area contributed by atoms with E-state index in [2.05, 4.69) is 28.2 Å². The van der Waals surface area contributed by atoms with Gasteiger partial charge in [0.15, 0.2) is 0 Å². The number of carbonyl (C=O) groups is 1. The zero-order valence-corrected chi connectivity index (χ0v) is 12.4. The predicted octanol–water partition coefficient (Wildman–Crippen LogP) is 3.69. The lowest BCUT2D eigenvalue weighted by Crippen LogP contribution is -2.41. The van der Waals surface area contributed by atoms with E-state index < -0.39 is 0 Å². The van der Waals surface area contributed by atoms with Crippen LogP contribution in [0.25, 0.3) is 0 Å². The third-order valence-corrected chi connectivity index (χ3v) is 4.26. The summed E-state index contributed by atoms with van der Waals surface area (Å²) < 4.78 is 1.05. The first-order chi connectivity index (χ1) is 8.65. The molecular weight excluding hydrogens is 290 g/mol. The van der Waals surface area contributed by atoms with E-state index in [1.54, 1.807) is 0 Å². The van der Waals surface area contributed by atoms with E-state index in [1.807, 2.05) is 24.3 Å². The zero-order chi connectivity index (χ0) is 13.0. The molecule has 1 N–H and O–H groups in total. The molecular formula is C15H20BrNO. The molecule has 0 saturated heterocycles. The average molecular weight is 310 g/mol. The summed E-state index contributed by atoms with van der Waals surface area (Å²) in [5, 5.41) is 3.18. The molecule has 3 heteroatoms. The molecule has 1 aromatic carbocycles. The topological polar surface area (TPSA) is 29.1 Å². The summed E-state index contributed by atoms with van der Waals surface area (Å²) in [5.41, 5.74) is 1.07. The van der Waals surface area contributed by atoms with Crippen LogP contribution in [-0.4, -0.2) is 11.9 Å². The highest BCUT2D eigenvalue weighted by Gasteiger charge is 2.22. The molecule has 0 aromatic heterocycles. The summed E-state index contributed by atoms with van der Waals surface area (Å²) in [6.07, 6.45) is 5.40. The maximum absolute atomic E-state index is 12.0. The minimum Gasteiger partial charge on any atom is -0.353 e. The van der Waals surface area contributed by atoms with Crippen LogP contribution in [0.5, 0.6) is 0 Å². The normalized spacial score (nSPS) is 23.7. The lowest BCUT2D eigenvalue weighted by atomic mass is 9.86. The van der Waals surface area contributed by atoms with Gasteiger partial charge in [0.1, 0.15) is 0 Å². The van der Waals surface area contributed by atoms with E-state index in [4.69, 9.17) is 0 Å². The first-order valence-corrected chi connectivity index (χ1v) is 7.48. The second kappa shape index (κ2) is 6.37. The molecule has 2 atom stereocenters. The highest BCUT2D eigenvalue weighted by molar-refractivity contribution is 9.10. The van der Waals surface area contributed by atoms with Crippen LogP contribution < -0.4 is 5.32 Å². The summed E-state index contributed by atoms with van der Waals surface area (Å²) in [7, 11) is 0. The second-order valence-corrected chi connectivity index (χ2v) is 6.15. The number of hydrogen-bond donors (Lipinski definition) is 1. The molecule has 2 rings (SSSR count). The fourth-order valence-corrected chi connectivity index (χ4v) is 2.84. The fourth-order valence-electron chi connectivity index (χ4n) is 2.58. The average Bonchev–Trinajstić information content (AvgIpc) is 2.35. The van der Waals surface area contributed by atoms with E-state index in [-0.39, 0.29) is 5.91 Å². The summed E-state index contributed by atoms with van der Waals surface area (Å²) in [6.45, 7) is 2.24. The monoisotopic (exact) mass is 309 g/mol. The smallest absolute Gasteiger partial charge is 0.224 e. The molecule has 2 unspecified atom stereocenters. The van der Waals surface area contributed by atoms with Gasteiger partial charge in [-0.05, 0) is 36.5 Å². The van der Waals surface area contributed by atoms with Crippen LogP contribution in [0.15, 0.2) is 28.7 Å². The largest absolute Gasteiger partial charge is 0.353 e. The molecule has 2 nitrogen and oxygen atoms in total. The minimum absolute atomic E-state index is 0.149. The van der Waals surface area contributed by atoms with E-state index in [1.165, 1.54) is 19.3 Å². The molecule has 98 valence electrons. The molecule has 1 saturated carbocycles. The van der Waals surface area contributed by atoms with Crippen LogP contribution in [0, 0.1) is 5.92 Å². The zero-order valence-electron chi connectivity index (χ0n) is 10.8. The Morgan fingerprint density at radius 2 is 1.94 bits per heavy atom. The Labute approximate surface area is 117 Å². The molecule has 1 amide bonds. The van der Waals surface area contributed by atoms with Gasteiger partial charge in [0.05, 0.1) is 6.42 Å². The van der Waals surface area contributed by atoms with Gasteiger partial charge in [0.2, 0.25) is 5.91 Å². The second-order valence-electron chi connectivity index (χ2n) is 5.24. The maximum Gasteiger partial charge on any atom is 0.224 e. The van der Waals surface area contributed by atoms with Crippen LogP contribution in [0.1, 0.15) is 38.2 Å². The number of halogens is 1. The van der Waals surface area contributed by atoms with Crippen LogP contribution in [0.4, 0.5) is 0 Å². The first-order valence-electron chi connectivity index (χ1n) is 6.69. The highest BCUT2D eigenvalue weighted by Crippen LogP contribution is 2.23. The highest BCUT2D eigenvalue weighted by atomic mass is 79.9.